The molecule has 1 aromatic heterocycles. The quantitative estimate of drug-likeness (QED) is 0.438. The molecule has 10 nitrogen and oxygen atoms in total. The van der Waals surface area contributed by atoms with Crippen molar-refractivity contribution in [3.63, 3.8) is 0 Å². The van der Waals surface area contributed by atoms with Gasteiger partial charge in [0.15, 0.2) is 0 Å². The van der Waals surface area contributed by atoms with Crippen LogP contribution in [0.3, 0.4) is 0 Å². The number of carbonyl (C=O) groups is 3. The Morgan fingerprint density at radius 1 is 0.974 bits per heavy atom. The molecule has 0 spiro atoms. The van der Waals surface area contributed by atoms with E-state index < -0.39 is 17.6 Å². The molecule has 0 bridgehead atoms. The lowest BCUT2D eigenvalue weighted by Gasteiger charge is -2.26. The Labute approximate surface area is 225 Å². The van der Waals surface area contributed by atoms with Gasteiger partial charge >= 0.3 is 12.1 Å². The molecule has 1 saturated carbocycles. The van der Waals surface area contributed by atoms with Gasteiger partial charge in [-0.3, -0.25) is 15.1 Å². The van der Waals surface area contributed by atoms with Crippen molar-refractivity contribution in [2.75, 3.05) is 37.8 Å². The number of nitrogens with one attached hydrogen (secondary N) is 3. The van der Waals surface area contributed by atoms with Crippen LogP contribution in [0.5, 0.6) is 0 Å². The van der Waals surface area contributed by atoms with E-state index in [1.165, 1.54) is 0 Å². The first-order valence-electron chi connectivity index (χ1n) is 13.1. The number of rotatable bonds is 9. The highest BCUT2D eigenvalue weighted by Gasteiger charge is 2.22. The van der Waals surface area contributed by atoms with E-state index in [-0.39, 0.29) is 17.8 Å². The highest BCUT2D eigenvalue weighted by molar-refractivity contribution is 6.05. The second-order valence-corrected chi connectivity index (χ2v) is 10.8. The summed E-state index contributed by atoms with van der Waals surface area (Å²) >= 11 is 0. The van der Waals surface area contributed by atoms with Crippen LogP contribution in [0.25, 0.3) is 0 Å². The van der Waals surface area contributed by atoms with Crippen molar-refractivity contribution in [2.45, 2.75) is 64.6 Å². The Morgan fingerprint density at radius 2 is 1.63 bits per heavy atom. The van der Waals surface area contributed by atoms with E-state index in [4.69, 9.17) is 4.74 Å². The zero-order valence-corrected chi connectivity index (χ0v) is 23.0. The number of pyridine rings is 1. The highest BCUT2D eigenvalue weighted by Crippen LogP contribution is 2.23. The van der Waals surface area contributed by atoms with Crippen LogP contribution in [0.1, 0.15) is 62.5 Å². The van der Waals surface area contributed by atoms with Crippen LogP contribution in [0.15, 0.2) is 42.6 Å². The maximum atomic E-state index is 13.0. The van der Waals surface area contributed by atoms with Crippen LogP contribution in [0, 0.1) is 0 Å². The number of carbonyl (C=O) groups excluding carboxylic acids is 3. The summed E-state index contributed by atoms with van der Waals surface area (Å²) in [5.41, 5.74) is 1.24. The predicted molar refractivity (Wildman–Crippen MR) is 148 cm³/mol. The molecule has 3 N–H and O–H groups in total. The van der Waals surface area contributed by atoms with Gasteiger partial charge in [0.05, 0.1) is 11.4 Å². The molecular weight excluding hydrogens is 484 g/mol. The van der Waals surface area contributed by atoms with Gasteiger partial charge in [-0.2, -0.15) is 0 Å². The van der Waals surface area contributed by atoms with E-state index in [0.717, 1.165) is 37.8 Å². The SMILES string of the molecule is CN(C)CCN(Cc1ccc(C(=O)Nc2ccccc2NC(=O)OC(C)(C)C)nc1)C(=O)NC1CCCC1. The molecule has 206 valence electrons. The van der Waals surface area contributed by atoms with Gasteiger partial charge in [-0.25, -0.2) is 9.59 Å². The minimum absolute atomic E-state index is 0.0744. The molecule has 10 heteroatoms. The molecule has 1 aliphatic rings. The number of hydrogen-bond donors (Lipinski definition) is 3. The predicted octanol–water partition coefficient (Wildman–Crippen LogP) is 4.70. The molecule has 0 unspecified atom stereocenters. The van der Waals surface area contributed by atoms with Gasteiger partial charge < -0.3 is 25.2 Å². The normalized spacial score (nSPS) is 13.7. The van der Waals surface area contributed by atoms with Gasteiger partial charge in [0, 0.05) is 31.9 Å². The summed E-state index contributed by atoms with van der Waals surface area (Å²) in [6.45, 7) is 7.04. The van der Waals surface area contributed by atoms with Gasteiger partial charge in [-0.05, 0) is 71.5 Å². The number of anilines is 2. The first-order chi connectivity index (χ1) is 18.0. The van der Waals surface area contributed by atoms with Gasteiger partial charge in [0.1, 0.15) is 11.3 Å². The fourth-order valence-electron chi connectivity index (χ4n) is 4.08. The van der Waals surface area contributed by atoms with Crippen LogP contribution in [0.4, 0.5) is 21.0 Å². The Balaban J connectivity index is 1.64. The molecule has 0 radical (unpaired) electrons. The Bertz CT molecular complexity index is 1090. The average molecular weight is 525 g/mol. The number of amides is 4. The second kappa shape index (κ2) is 13.2. The smallest absolute Gasteiger partial charge is 0.412 e. The molecule has 38 heavy (non-hydrogen) atoms. The molecule has 1 heterocycles. The van der Waals surface area contributed by atoms with Gasteiger partial charge in [-0.15, -0.1) is 0 Å². The first kappa shape index (κ1) is 28.9. The number of para-hydroxylation sites is 2. The van der Waals surface area contributed by atoms with E-state index in [9.17, 15) is 14.4 Å². The Morgan fingerprint density at radius 3 is 2.21 bits per heavy atom. The summed E-state index contributed by atoms with van der Waals surface area (Å²) in [5.74, 6) is -0.418. The molecule has 0 saturated heterocycles. The van der Waals surface area contributed by atoms with Gasteiger partial charge in [0.25, 0.3) is 5.91 Å². The number of ether oxygens (including phenoxy) is 1. The van der Waals surface area contributed by atoms with Crippen molar-refractivity contribution >= 4 is 29.4 Å². The minimum atomic E-state index is -0.646. The zero-order valence-electron chi connectivity index (χ0n) is 23.0. The average Bonchev–Trinajstić information content (AvgIpc) is 3.35. The molecule has 1 aromatic carbocycles. The fourth-order valence-corrected chi connectivity index (χ4v) is 4.08. The third-order valence-electron chi connectivity index (χ3n) is 6.03. The summed E-state index contributed by atoms with van der Waals surface area (Å²) < 4.78 is 5.30. The van der Waals surface area contributed by atoms with E-state index in [1.807, 2.05) is 19.0 Å². The Kier molecular flexibility index (Phi) is 10.1. The van der Waals surface area contributed by atoms with E-state index >= 15 is 0 Å². The summed E-state index contributed by atoms with van der Waals surface area (Å²) in [5, 5.41) is 8.62. The van der Waals surface area contributed by atoms with Crippen molar-refractivity contribution in [2.24, 2.45) is 0 Å². The maximum absolute atomic E-state index is 13.0. The highest BCUT2D eigenvalue weighted by atomic mass is 16.6. The van der Waals surface area contributed by atoms with Gasteiger partial charge in [0.2, 0.25) is 0 Å². The zero-order chi connectivity index (χ0) is 27.7. The third kappa shape index (κ3) is 9.33. The molecule has 0 aliphatic heterocycles. The molecule has 1 fully saturated rings. The summed E-state index contributed by atoms with van der Waals surface area (Å²) in [4.78, 5) is 46.2. The van der Waals surface area contributed by atoms with E-state index in [2.05, 4.69) is 20.9 Å². The molecular formula is C28H40N6O4. The molecule has 1 aliphatic carbocycles. The monoisotopic (exact) mass is 524 g/mol. The van der Waals surface area contributed by atoms with E-state index in [1.54, 1.807) is 68.3 Å². The number of hydrogen-bond acceptors (Lipinski definition) is 6. The number of likely N-dealkylation sites (N-methyl/N-ethyl adjacent to an activating group) is 1. The lowest BCUT2D eigenvalue weighted by Crippen LogP contribution is -2.45. The number of benzene rings is 1. The molecule has 0 atom stereocenters. The van der Waals surface area contributed by atoms with Crippen molar-refractivity contribution in [1.29, 1.82) is 0 Å². The van der Waals surface area contributed by atoms with Crippen LogP contribution in [-0.4, -0.2) is 71.6 Å². The molecule has 4 amide bonds. The van der Waals surface area contributed by atoms with Crippen molar-refractivity contribution in [1.82, 2.24) is 20.1 Å². The Hall–Kier alpha value is -3.66. The van der Waals surface area contributed by atoms with Crippen molar-refractivity contribution in [3.05, 3.63) is 53.9 Å². The number of nitrogens with zero attached hydrogens (tertiary/aromatic N) is 3. The largest absolute Gasteiger partial charge is 0.444 e. The van der Waals surface area contributed by atoms with Crippen LogP contribution in [-0.2, 0) is 11.3 Å². The number of aromatic nitrogens is 1. The molecule has 2 aromatic rings. The standard InChI is InChI=1S/C28H40N6O4/c1-28(2,3)38-27(37)32-23-13-9-8-12-22(23)31-25(35)24-15-14-20(18-29-24)19-34(17-16-33(4)5)26(36)30-21-10-6-7-11-21/h8-9,12-15,18,21H,6-7,10-11,16-17,19H2,1-5H3,(H,30,36)(H,31,35)(H,32,37). The second-order valence-electron chi connectivity index (χ2n) is 10.8. The first-order valence-corrected chi connectivity index (χ1v) is 13.1. The van der Waals surface area contributed by atoms with Gasteiger partial charge in [-0.1, -0.05) is 31.0 Å². The van der Waals surface area contributed by atoms with Crippen molar-refractivity contribution < 1.29 is 19.1 Å². The minimum Gasteiger partial charge on any atom is -0.444 e. The maximum Gasteiger partial charge on any atom is 0.412 e. The fraction of sp³-hybridized carbons (Fsp3) is 0.500. The summed E-state index contributed by atoms with van der Waals surface area (Å²) in [6.07, 6.45) is 5.35. The van der Waals surface area contributed by atoms with E-state index in [0.29, 0.717) is 24.5 Å². The topological polar surface area (TPSA) is 116 Å². The van der Waals surface area contributed by atoms with Crippen molar-refractivity contribution in [3.8, 4) is 0 Å². The number of urea groups is 1. The van der Waals surface area contributed by atoms with Crippen LogP contribution in [0.2, 0.25) is 0 Å². The van der Waals surface area contributed by atoms with Crippen LogP contribution >= 0.6 is 0 Å². The lowest BCUT2D eigenvalue weighted by atomic mass is 10.2. The molecule has 3 rings (SSSR count). The summed E-state index contributed by atoms with van der Waals surface area (Å²) in [6, 6.07) is 10.5. The van der Waals surface area contributed by atoms with Crippen LogP contribution < -0.4 is 16.0 Å². The third-order valence-corrected chi connectivity index (χ3v) is 6.03. The summed E-state index contributed by atoms with van der Waals surface area (Å²) in [7, 11) is 3.95. The lowest BCUT2D eigenvalue weighted by molar-refractivity contribution is 0.0635.